The van der Waals surface area contributed by atoms with Crippen molar-refractivity contribution in [2.75, 3.05) is 13.7 Å². The summed E-state index contributed by atoms with van der Waals surface area (Å²) in [6, 6.07) is 7.81. The van der Waals surface area contributed by atoms with Crippen molar-refractivity contribution >= 4 is 5.91 Å². The summed E-state index contributed by atoms with van der Waals surface area (Å²) in [4.78, 5) is 15.4. The average Bonchev–Trinajstić information content (AvgIpc) is 3.15. The molecule has 2 aliphatic heterocycles. The summed E-state index contributed by atoms with van der Waals surface area (Å²) in [5.41, 5.74) is 0.640. The van der Waals surface area contributed by atoms with Gasteiger partial charge in [0.2, 0.25) is 0 Å². The van der Waals surface area contributed by atoms with Gasteiger partial charge in [0.15, 0.2) is 5.82 Å². The predicted octanol–water partition coefficient (Wildman–Crippen LogP) is 2.05. The average molecular weight is 356 g/mol. The zero-order valence-electron chi connectivity index (χ0n) is 15.2. The van der Waals surface area contributed by atoms with Crippen LogP contribution in [0.4, 0.5) is 0 Å². The van der Waals surface area contributed by atoms with Crippen LogP contribution in [0.25, 0.3) is 0 Å². The highest BCUT2D eigenvalue weighted by Crippen LogP contribution is 2.34. The van der Waals surface area contributed by atoms with Crippen LogP contribution in [0.2, 0.25) is 0 Å². The molecule has 2 aromatic rings. The predicted molar refractivity (Wildman–Crippen MR) is 95.0 cm³/mol. The summed E-state index contributed by atoms with van der Waals surface area (Å²) < 4.78 is 13.0. The zero-order valence-corrected chi connectivity index (χ0v) is 15.2. The van der Waals surface area contributed by atoms with E-state index in [1.807, 2.05) is 36.1 Å². The molecule has 7 heteroatoms. The number of ether oxygens (including phenoxy) is 2. The summed E-state index contributed by atoms with van der Waals surface area (Å²) in [7, 11) is 1.66. The minimum atomic E-state index is 0.0496. The minimum Gasteiger partial charge on any atom is -0.493 e. The molecular weight excluding hydrogens is 332 g/mol. The van der Waals surface area contributed by atoms with Crippen LogP contribution in [0, 0.1) is 0 Å². The third kappa shape index (κ3) is 2.86. The zero-order chi connectivity index (χ0) is 18.1. The van der Waals surface area contributed by atoms with Gasteiger partial charge in [-0.05, 0) is 31.9 Å². The summed E-state index contributed by atoms with van der Waals surface area (Å²) in [5.74, 6) is 2.48. The largest absolute Gasteiger partial charge is 0.493 e. The Kier molecular flexibility index (Phi) is 4.63. The van der Waals surface area contributed by atoms with Crippen LogP contribution in [-0.2, 0) is 24.3 Å². The van der Waals surface area contributed by atoms with Gasteiger partial charge in [0.1, 0.15) is 18.2 Å². The van der Waals surface area contributed by atoms with Crippen LogP contribution in [0.1, 0.15) is 41.8 Å². The van der Waals surface area contributed by atoms with Crippen LogP contribution < -0.4 is 4.74 Å². The van der Waals surface area contributed by atoms with E-state index in [1.54, 1.807) is 7.11 Å². The van der Waals surface area contributed by atoms with Gasteiger partial charge < -0.3 is 18.9 Å². The molecule has 138 valence electrons. The number of carbonyl (C=O) groups excluding carboxylic acids is 1. The maximum Gasteiger partial charge on any atom is 0.258 e. The van der Waals surface area contributed by atoms with Crippen molar-refractivity contribution in [1.29, 1.82) is 0 Å². The summed E-state index contributed by atoms with van der Waals surface area (Å²) in [6.45, 7) is 3.63. The molecule has 1 saturated heterocycles. The van der Waals surface area contributed by atoms with E-state index in [2.05, 4.69) is 14.8 Å². The van der Waals surface area contributed by atoms with E-state index < -0.39 is 0 Å². The number of hydrogen-bond donors (Lipinski definition) is 0. The molecule has 0 radical (unpaired) electrons. The van der Waals surface area contributed by atoms with Gasteiger partial charge >= 0.3 is 0 Å². The first-order chi connectivity index (χ1) is 12.7. The van der Waals surface area contributed by atoms with E-state index in [9.17, 15) is 4.79 Å². The van der Waals surface area contributed by atoms with Crippen molar-refractivity contribution < 1.29 is 14.3 Å². The Morgan fingerprint density at radius 1 is 1.23 bits per heavy atom. The lowest BCUT2D eigenvalue weighted by molar-refractivity contribution is 0.0660. The molecule has 4 rings (SSSR count). The molecule has 0 spiro atoms. The molecule has 0 N–H and O–H groups in total. The number of nitrogens with zero attached hydrogens (tertiary/aromatic N) is 4. The highest BCUT2D eigenvalue weighted by Gasteiger charge is 2.41. The van der Waals surface area contributed by atoms with E-state index in [0.29, 0.717) is 24.5 Å². The van der Waals surface area contributed by atoms with Crippen molar-refractivity contribution in [1.82, 2.24) is 19.7 Å². The summed E-state index contributed by atoms with van der Waals surface area (Å²) >= 11 is 0. The number of hydrogen-bond acceptors (Lipinski definition) is 5. The Hall–Kier alpha value is -2.41. The summed E-state index contributed by atoms with van der Waals surface area (Å²) in [5, 5.41) is 8.59. The maximum atomic E-state index is 13.4. The second-order valence-electron chi connectivity index (χ2n) is 6.81. The number of benzene rings is 1. The number of fused-ring (bicyclic) bond motifs is 3. The van der Waals surface area contributed by atoms with Crippen molar-refractivity contribution in [2.45, 2.75) is 51.4 Å². The molecule has 2 aliphatic rings. The van der Waals surface area contributed by atoms with Gasteiger partial charge in [0, 0.05) is 26.1 Å². The van der Waals surface area contributed by atoms with Crippen LogP contribution in [-0.4, -0.2) is 51.4 Å². The maximum absolute atomic E-state index is 13.4. The van der Waals surface area contributed by atoms with E-state index in [4.69, 9.17) is 9.47 Å². The Balaban J connectivity index is 1.64. The SMILES string of the molecule is CCOc1ccccc1C(=O)N1C2CCC1Cn1c(COC)nnc1C2. The third-order valence-corrected chi connectivity index (χ3v) is 5.26. The Labute approximate surface area is 152 Å². The van der Waals surface area contributed by atoms with Gasteiger partial charge in [0.25, 0.3) is 5.91 Å². The molecule has 0 aliphatic carbocycles. The molecule has 26 heavy (non-hydrogen) atoms. The van der Waals surface area contributed by atoms with Crippen molar-refractivity contribution in [2.24, 2.45) is 0 Å². The number of methoxy groups -OCH3 is 1. The first kappa shape index (κ1) is 17.0. The van der Waals surface area contributed by atoms with Gasteiger partial charge in [0.05, 0.1) is 18.2 Å². The van der Waals surface area contributed by atoms with Crippen LogP contribution in [0.3, 0.4) is 0 Å². The lowest BCUT2D eigenvalue weighted by Crippen LogP contribution is -2.42. The Morgan fingerprint density at radius 3 is 2.85 bits per heavy atom. The van der Waals surface area contributed by atoms with Gasteiger partial charge in [-0.1, -0.05) is 12.1 Å². The van der Waals surface area contributed by atoms with Crippen LogP contribution in [0.5, 0.6) is 5.75 Å². The molecule has 2 unspecified atom stereocenters. The first-order valence-corrected chi connectivity index (χ1v) is 9.17. The number of para-hydroxylation sites is 1. The quantitative estimate of drug-likeness (QED) is 0.820. The van der Waals surface area contributed by atoms with Crippen molar-refractivity contribution in [3.05, 3.63) is 41.5 Å². The molecule has 1 aromatic heterocycles. The molecule has 7 nitrogen and oxygen atoms in total. The Bertz CT molecular complexity index is 804. The van der Waals surface area contributed by atoms with Crippen molar-refractivity contribution in [3.63, 3.8) is 0 Å². The molecule has 1 amide bonds. The fourth-order valence-corrected chi connectivity index (χ4v) is 4.13. The minimum absolute atomic E-state index is 0.0496. The second-order valence-corrected chi connectivity index (χ2v) is 6.81. The third-order valence-electron chi connectivity index (χ3n) is 5.26. The number of aromatic nitrogens is 3. The molecule has 2 bridgehead atoms. The number of amides is 1. The van der Waals surface area contributed by atoms with E-state index in [1.165, 1.54) is 0 Å². The van der Waals surface area contributed by atoms with Crippen LogP contribution in [0.15, 0.2) is 24.3 Å². The van der Waals surface area contributed by atoms with E-state index in [-0.39, 0.29) is 18.0 Å². The number of carbonyl (C=O) groups is 1. The topological polar surface area (TPSA) is 69.5 Å². The first-order valence-electron chi connectivity index (χ1n) is 9.17. The molecule has 1 aromatic carbocycles. The molecule has 2 atom stereocenters. The standard InChI is InChI=1S/C19H24N4O3/c1-3-26-16-7-5-4-6-15(16)19(24)23-13-8-9-14(23)11-22-17(10-13)20-21-18(22)12-25-2/h4-7,13-14H,3,8-12H2,1-2H3. The number of rotatable bonds is 5. The fraction of sp³-hybridized carbons (Fsp3) is 0.526. The Morgan fingerprint density at radius 2 is 2.04 bits per heavy atom. The smallest absolute Gasteiger partial charge is 0.258 e. The molecule has 3 heterocycles. The highest BCUT2D eigenvalue weighted by atomic mass is 16.5. The monoisotopic (exact) mass is 356 g/mol. The summed E-state index contributed by atoms with van der Waals surface area (Å²) in [6.07, 6.45) is 2.73. The fourth-order valence-electron chi connectivity index (χ4n) is 4.13. The molecule has 1 fully saturated rings. The lowest BCUT2D eigenvalue weighted by atomic mass is 10.1. The van der Waals surface area contributed by atoms with Gasteiger partial charge in [-0.25, -0.2) is 0 Å². The lowest BCUT2D eigenvalue weighted by Gasteiger charge is -2.28. The molecule has 0 saturated carbocycles. The normalized spacial score (nSPS) is 21.4. The molecular formula is C19H24N4O3. The van der Waals surface area contributed by atoms with Gasteiger partial charge in [-0.3, -0.25) is 4.79 Å². The second kappa shape index (κ2) is 7.07. The van der Waals surface area contributed by atoms with Gasteiger partial charge in [-0.2, -0.15) is 0 Å². The van der Waals surface area contributed by atoms with E-state index >= 15 is 0 Å². The van der Waals surface area contributed by atoms with Crippen molar-refractivity contribution in [3.8, 4) is 5.75 Å². The van der Waals surface area contributed by atoms with Gasteiger partial charge in [-0.15, -0.1) is 10.2 Å². The van der Waals surface area contributed by atoms with E-state index in [0.717, 1.165) is 37.5 Å². The highest BCUT2D eigenvalue weighted by molar-refractivity contribution is 5.97. The van der Waals surface area contributed by atoms with Crippen LogP contribution >= 0.6 is 0 Å².